The highest BCUT2D eigenvalue weighted by Gasteiger charge is 2.13. The highest BCUT2D eigenvalue weighted by atomic mass is 35.5. The maximum atomic E-state index is 6.15. The van der Waals surface area contributed by atoms with Crippen LogP contribution < -0.4 is 5.73 Å². The smallest absolute Gasteiger partial charge is 0.0836 e. The van der Waals surface area contributed by atoms with Gasteiger partial charge in [0, 0.05) is 22.3 Å². The molecule has 0 bridgehead atoms. The standard InChI is InChI=1S/C12H13Cl2N3/c1-7(15)10-6-16-17(8(10)2)12-4-3-9(13)5-11(12)14/h3-7H,15H2,1-2H3. The third kappa shape index (κ3) is 2.32. The van der Waals surface area contributed by atoms with E-state index in [1.807, 2.05) is 19.9 Å². The lowest BCUT2D eigenvalue weighted by molar-refractivity contribution is 0.797. The molecule has 0 saturated carbocycles. The summed E-state index contributed by atoms with van der Waals surface area (Å²) in [7, 11) is 0. The Morgan fingerprint density at radius 3 is 2.59 bits per heavy atom. The Kier molecular flexibility index (Phi) is 3.43. The van der Waals surface area contributed by atoms with Crippen molar-refractivity contribution >= 4 is 23.2 Å². The molecule has 1 atom stereocenters. The van der Waals surface area contributed by atoms with Gasteiger partial charge in [0.2, 0.25) is 0 Å². The van der Waals surface area contributed by atoms with Gasteiger partial charge in [0.15, 0.2) is 0 Å². The second kappa shape index (κ2) is 4.69. The SMILES string of the molecule is Cc1c(C(C)N)cnn1-c1ccc(Cl)cc1Cl. The van der Waals surface area contributed by atoms with Gasteiger partial charge in [0.1, 0.15) is 0 Å². The number of hydrogen-bond donors (Lipinski definition) is 1. The van der Waals surface area contributed by atoms with Gasteiger partial charge in [-0.1, -0.05) is 23.2 Å². The fourth-order valence-electron chi connectivity index (χ4n) is 1.77. The lowest BCUT2D eigenvalue weighted by atomic mass is 10.1. The lowest BCUT2D eigenvalue weighted by Gasteiger charge is -2.09. The largest absolute Gasteiger partial charge is 0.324 e. The summed E-state index contributed by atoms with van der Waals surface area (Å²) in [5, 5.41) is 5.48. The summed E-state index contributed by atoms with van der Waals surface area (Å²) in [6, 6.07) is 5.28. The Labute approximate surface area is 110 Å². The maximum absolute atomic E-state index is 6.15. The average molecular weight is 270 g/mol. The molecule has 0 aliphatic rings. The van der Waals surface area contributed by atoms with Crippen LogP contribution in [0, 0.1) is 6.92 Å². The van der Waals surface area contributed by atoms with E-state index >= 15 is 0 Å². The summed E-state index contributed by atoms with van der Waals surface area (Å²) in [6.45, 7) is 3.90. The van der Waals surface area contributed by atoms with Crippen LogP contribution in [0.2, 0.25) is 10.0 Å². The van der Waals surface area contributed by atoms with E-state index in [4.69, 9.17) is 28.9 Å². The second-order valence-electron chi connectivity index (χ2n) is 3.98. The number of aromatic nitrogens is 2. The van der Waals surface area contributed by atoms with Crippen molar-refractivity contribution in [2.24, 2.45) is 5.73 Å². The zero-order valence-corrected chi connectivity index (χ0v) is 11.1. The first-order valence-electron chi connectivity index (χ1n) is 5.26. The summed E-state index contributed by atoms with van der Waals surface area (Å²) in [4.78, 5) is 0. The van der Waals surface area contributed by atoms with Crippen LogP contribution in [-0.4, -0.2) is 9.78 Å². The Bertz CT molecular complexity index is 547. The molecule has 0 fully saturated rings. The maximum Gasteiger partial charge on any atom is 0.0836 e. The molecule has 2 aromatic rings. The molecule has 0 saturated heterocycles. The van der Waals surface area contributed by atoms with Crippen LogP contribution in [0.1, 0.15) is 24.2 Å². The van der Waals surface area contributed by atoms with Gasteiger partial charge in [-0.25, -0.2) is 4.68 Å². The van der Waals surface area contributed by atoms with Crippen molar-refractivity contribution in [2.75, 3.05) is 0 Å². The fraction of sp³-hybridized carbons (Fsp3) is 0.250. The molecule has 0 aliphatic carbocycles. The topological polar surface area (TPSA) is 43.8 Å². The first-order chi connectivity index (χ1) is 8.00. The van der Waals surface area contributed by atoms with Crippen molar-refractivity contribution in [1.82, 2.24) is 9.78 Å². The Morgan fingerprint density at radius 2 is 2.06 bits per heavy atom. The van der Waals surface area contributed by atoms with Crippen LogP contribution in [0.4, 0.5) is 0 Å². The Hall–Kier alpha value is -1.03. The number of hydrogen-bond acceptors (Lipinski definition) is 2. The monoisotopic (exact) mass is 269 g/mol. The van der Waals surface area contributed by atoms with Crippen LogP contribution >= 0.6 is 23.2 Å². The first kappa shape index (κ1) is 12.4. The van der Waals surface area contributed by atoms with Gasteiger partial charge in [-0.3, -0.25) is 0 Å². The predicted molar refractivity (Wildman–Crippen MR) is 70.9 cm³/mol. The number of benzene rings is 1. The first-order valence-corrected chi connectivity index (χ1v) is 6.02. The van der Waals surface area contributed by atoms with Crippen LogP contribution in [0.5, 0.6) is 0 Å². The van der Waals surface area contributed by atoms with Gasteiger partial charge in [0.05, 0.1) is 16.9 Å². The summed E-state index contributed by atoms with van der Waals surface area (Å²) in [6.07, 6.45) is 1.77. The highest BCUT2D eigenvalue weighted by molar-refractivity contribution is 6.35. The van der Waals surface area contributed by atoms with Crippen LogP contribution in [0.3, 0.4) is 0 Å². The van der Waals surface area contributed by atoms with E-state index in [1.54, 1.807) is 23.0 Å². The molecule has 3 nitrogen and oxygen atoms in total. The van der Waals surface area contributed by atoms with E-state index in [9.17, 15) is 0 Å². The Balaban J connectivity index is 2.54. The van der Waals surface area contributed by atoms with Crippen LogP contribution in [-0.2, 0) is 0 Å². The van der Waals surface area contributed by atoms with Crippen molar-refractivity contribution in [3.8, 4) is 5.69 Å². The molecule has 0 radical (unpaired) electrons. The molecule has 1 aromatic carbocycles. The van der Waals surface area contributed by atoms with Crippen LogP contribution in [0.15, 0.2) is 24.4 Å². The van der Waals surface area contributed by atoms with Crippen molar-refractivity contribution in [2.45, 2.75) is 19.9 Å². The second-order valence-corrected chi connectivity index (χ2v) is 4.83. The normalized spacial score (nSPS) is 12.8. The van der Waals surface area contributed by atoms with Crippen molar-refractivity contribution in [1.29, 1.82) is 0 Å². The quantitative estimate of drug-likeness (QED) is 0.907. The molecule has 1 heterocycles. The number of rotatable bonds is 2. The van der Waals surface area contributed by atoms with Gasteiger partial charge >= 0.3 is 0 Å². The molecule has 90 valence electrons. The van der Waals surface area contributed by atoms with Gasteiger partial charge in [0.25, 0.3) is 0 Å². The zero-order chi connectivity index (χ0) is 12.6. The van der Waals surface area contributed by atoms with E-state index in [-0.39, 0.29) is 6.04 Å². The molecule has 5 heteroatoms. The van der Waals surface area contributed by atoms with E-state index in [0.29, 0.717) is 10.0 Å². The molecular formula is C12H13Cl2N3. The molecular weight excluding hydrogens is 257 g/mol. The van der Waals surface area contributed by atoms with Gasteiger partial charge in [-0.2, -0.15) is 5.10 Å². The number of halogens is 2. The number of nitrogens with zero attached hydrogens (tertiary/aromatic N) is 2. The summed E-state index contributed by atoms with van der Waals surface area (Å²) in [5.41, 5.74) is 8.67. The minimum Gasteiger partial charge on any atom is -0.324 e. The molecule has 0 amide bonds. The third-order valence-corrected chi connectivity index (χ3v) is 3.21. The summed E-state index contributed by atoms with van der Waals surface area (Å²) in [5.74, 6) is 0. The molecule has 17 heavy (non-hydrogen) atoms. The highest BCUT2D eigenvalue weighted by Crippen LogP contribution is 2.26. The molecule has 1 unspecified atom stereocenters. The minimum atomic E-state index is -0.0465. The summed E-state index contributed by atoms with van der Waals surface area (Å²) >= 11 is 12.0. The van der Waals surface area contributed by atoms with Gasteiger partial charge in [-0.15, -0.1) is 0 Å². The van der Waals surface area contributed by atoms with E-state index < -0.39 is 0 Å². The van der Waals surface area contributed by atoms with Crippen molar-refractivity contribution < 1.29 is 0 Å². The average Bonchev–Trinajstić information content (AvgIpc) is 2.60. The molecule has 1 aromatic heterocycles. The third-order valence-electron chi connectivity index (χ3n) is 2.68. The van der Waals surface area contributed by atoms with Gasteiger partial charge in [-0.05, 0) is 32.0 Å². The van der Waals surface area contributed by atoms with E-state index in [2.05, 4.69) is 5.10 Å². The van der Waals surface area contributed by atoms with Gasteiger partial charge < -0.3 is 5.73 Å². The zero-order valence-electron chi connectivity index (χ0n) is 9.61. The van der Waals surface area contributed by atoms with E-state index in [1.165, 1.54) is 0 Å². The fourth-order valence-corrected chi connectivity index (χ4v) is 2.25. The van der Waals surface area contributed by atoms with Crippen molar-refractivity contribution in [3.05, 3.63) is 45.7 Å². The number of nitrogens with two attached hydrogens (primary N) is 1. The predicted octanol–water partition coefficient (Wildman–Crippen LogP) is 3.51. The lowest BCUT2D eigenvalue weighted by Crippen LogP contribution is -2.07. The Morgan fingerprint density at radius 1 is 1.35 bits per heavy atom. The molecule has 0 spiro atoms. The minimum absolute atomic E-state index is 0.0465. The molecule has 2 rings (SSSR count). The molecule has 2 N–H and O–H groups in total. The van der Waals surface area contributed by atoms with Crippen LogP contribution in [0.25, 0.3) is 5.69 Å². The summed E-state index contributed by atoms with van der Waals surface area (Å²) < 4.78 is 1.78. The molecule has 0 aliphatic heterocycles. The van der Waals surface area contributed by atoms with Crippen molar-refractivity contribution in [3.63, 3.8) is 0 Å². The van der Waals surface area contributed by atoms with E-state index in [0.717, 1.165) is 16.9 Å².